The van der Waals surface area contributed by atoms with Crippen molar-refractivity contribution in [2.24, 2.45) is 5.41 Å². The molecule has 1 aliphatic carbocycles. The molecule has 0 bridgehead atoms. The van der Waals surface area contributed by atoms with Crippen molar-refractivity contribution in [2.75, 3.05) is 0 Å². The summed E-state index contributed by atoms with van der Waals surface area (Å²) in [4.78, 5) is 28.5. The third kappa shape index (κ3) is 5.64. The fourth-order valence-corrected chi connectivity index (χ4v) is 7.54. The molecule has 3 heterocycles. The Labute approximate surface area is 259 Å². The van der Waals surface area contributed by atoms with Crippen LogP contribution in [0.1, 0.15) is 102 Å². The number of carbonyl (C=O) groups excluding carboxylic acids is 1. The SMILES string of the molecule is CCCc1c(Cc2ccc(-c3ccccc3-c3nn[nH]n3)cc2)c(=O)n2n1CCCC2C1(C(=O)NC(C)(C)C)CCCCC1. The van der Waals surface area contributed by atoms with Crippen molar-refractivity contribution < 1.29 is 4.79 Å². The highest BCUT2D eigenvalue weighted by atomic mass is 16.2. The molecule has 1 aliphatic heterocycles. The van der Waals surface area contributed by atoms with Gasteiger partial charge in [0, 0.05) is 35.3 Å². The van der Waals surface area contributed by atoms with E-state index in [1.807, 2.05) is 43.7 Å². The molecule has 9 nitrogen and oxygen atoms in total. The summed E-state index contributed by atoms with van der Waals surface area (Å²) in [5, 5.41) is 17.9. The summed E-state index contributed by atoms with van der Waals surface area (Å²) in [6.45, 7) is 9.13. The highest BCUT2D eigenvalue weighted by molar-refractivity contribution is 5.84. The Morgan fingerprint density at radius 2 is 1.75 bits per heavy atom. The summed E-state index contributed by atoms with van der Waals surface area (Å²) < 4.78 is 4.28. The van der Waals surface area contributed by atoms with Crippen molar-refractivity contribution in [2.45, 2.75) is 110 Å². The second-order valence-corrected chi connectivity index (χ2v) is 13.7. The first-order chi connectivity index (χ1) is 21.2. The van der Waals surface area contributed by atoms with Crippen LogP contribution in [0.15, 0.2) is 53.3 Å². The van der Waals surface area contributed by atoms with Crippen LogP contribution in [-0.4, -0.2) is 41.4 Å². The summed E-state index contributed by atoms with van der Waals surface area (Å²) in [6, 6.07) is 16.4. The smallest absolute Gasteiger partial charge is 0.270 e. The minimum absolute atomic E-state index is 0.0817. The van der Waals surface area contributed by atoms with Gasteiger partial charge in [-0.1, -0.05) is 81.1 Å². The molecule has 4 aromatic rings. The van der Waals surface area contributed by atoms with Gasteiger partial charge in [-0.3, -0.25) is 14.3 Å². The molecule has 0 saturated heterocycles. The Hall–Kier alpha value is -4.01. The molecule has 6 rings (SSSR count). The zero-order valence-corrected chi connectivity index (χ0v) is 26.5. The van der Waals surface area contributed by atoms with E-state index in [1.54, 1.807) is 0 Å². The fraction of sp³-hybridized carbons (Fsp3) is 0.514. The highest BCUT2D eigenvalue weighted by Crippen LogP contribution is 2.48. The number of nitrogens with zero attached hydrogens (tertiary/aromatic N) is 5. The van der Waals surface area contributed by atoms with Gasteiger partial charge in [0.1, 0.15) is 0 Å². The average Bonchev–Trinajstić information content (AvgIpc) is 3.65. The molecule has 2 aromatic heterocycles. The average molecular weight is 596 g/mol. The number of benzene rings is 2. The van der Waals surface area contributed by atoms with Gasteiger partial charge in [-0.15, -0.1) is 10.2 Å². The van der Waals surface area contributed by atoms with E-state index in [2.05, 4.69) is 67.9 Å². The lowest BCUT2D eigenvalue weighted by atomic mass is 9.66. The van der Waals surface area contributed by atoms with E-state index in [0.717, 1.165) is 97.8 Å². The molecule has 2 N–H and O–H groups in total. The first-order valence-electron chi connectivity index (χ1n) is 16.3. The lowest BCUT2D eigenvalue weighted by molar-refractivity contribution is -0.139. The molecule has 0 spiro atoms. The van der Waals surface area contributed by atoms with Gasteiger partial charge < -0.3 is 5.32 Å². The lowest BCUT2D eigenvalue weighted by Crippen LogP contribution is -2.55. The van der Waals surface area contributed by atoms with E-state index in [9.17, 15) is 9.59 Å². The van der Waals surface area contributed by atoms with Crippen LogP contribution in [0, 0.1) is 5.41 Å². The molecule has 1 saturated carbocycles. The van der Waals surface area contributed by atoms with Crippen molar-refractivity contribution >= 4 is 5.91 Å². The number of aromatic amines is 1. The second-order valence-electron chi connectivity index (χ2n) is 13.7. The van der Waals surface area contributed by atoms with Crippen LogP contribution in [0.2, 0.25) is 0 Å². The van der Waals surface area contributed by atoms with Gasteiger partial charge >= 0.3 is 0 Å². The van der Waals surface area contributed by atoms with E-state index < -0.39 is 5.41 Å². The number of carbonyl (C=O) groups is 1. The van der Waals surface area contributed by atoms with E-state index in [4.69, 9.17) is 0 Å². The predicted octanol–water partition coefficient (Wildman–Crippen LogP) is 6.24. The Kier molecular flexibility index (Phi) is 8.31. The van der Waals surface area contributed by atoms with Crippen LogP contribution in [0.25, 0.3) is 22.5 Å². The number of rotatable bonds is 8. The Bertz CT molecular complexity index is 1650. The number of fused-ring (bicyclic) bond motifs is 1. The molecule has 1 atom stereocenters. The minimum Gasteiger partial charge on any atom is -0.351 e. The number of tetrazole rings is 1. The zero-order valence-electron chi connectivity index (χ0n) is 26.5. The van der Waals surface area contributed by atoms with E-state index in [-0.39, 0.29) is 23.0 Å². The molecule has 1 amide bonds. The lowest BCUT2D eigenvalue weighted by Gasteiger charge is -2.46. The van der Waals surface area contributed by atoms with E-state index in [0.29, 0.717) is 12.2 Å². The Morgan fingerprint density at radius 3 is 2.41 bits per heavy atom. The molecular formula is C35H45N7O2. The third-order valence-corrected chi connectivity index (χ3v) is 9.50. The molecule has 9 heteroatoms. The van der Waals surface area contributed by atoms with Crippen LogP contribution in [-0.2, 0) is 24.2 Å². The first kappa shape index (κ1) is 30.0. The van der Waals surface area contributed by atoms with E-state index >= 15 is 0 Å². The fourth-order valence-electron chi connectivity index (χ4n) is 7.54. The van der Waals surface area contributed by atoms with Crippen molar-refractivity contribution in [3.8, 4) is 22.5 Å². The van der Waals surface area contributed by atoms with Gasteiger partial charge in [0.2, 0.25) is 11.7 Å². The highest BCUT2D eigenvalue weighted by Gasteiger charge is 2.50. The minimum atomic E-state index is -0.555. The molecule has 232 valence electrons. The predicted molar refractivity (Wildman–Crippen MR) is 172 cm³/mol. The van der Waals surface area contributed by atoms with Crippen LogP contribution in [0.3, 0.4) is 0 Å². The molecular weight excluding hydrogens is 550 g/mol. The molecule has 44 heavy (non-hydrogen) atoms. The molecule has 1 unspecified atom stereocenters. The normalized spacial score (nSPS) is 18.1. The zero-order chi connectivity index (χ0) is 30.9. The first-order valence-corrected chi connectivity index (χ1v) is 16.3. The van der Waals surface area contributed by atoms with E-state index in [1.165, 1.54) is 0 Å². The van der Waals surface area contributed by atoms with Crippen molar-refractivity contribution in [3.63, 3.8) is 0 Å². The summed E-state index contributed by atoms with van der Waals surface area (Å²) in [7, 11) is 0. The van der Waals surface area contributed by atoms with Crippen molar-refractivity contribution in [3.05, 3.63) is 75.7 Å². The maximum absolute atomic E-state index is 14.5. The maximum atomic E-state index is 14.5. The summed E-state index contributed by atoms with van der Waals surface area (Å²) in [6.07, 6.45) is 9.10. The summed E-state index contributed by atoms with van der Waals surface area (Å²) in [5.74, 6) is 0.675. The number of H-pyrrole nitrogens is 1. The standard InChI is InChI=1S/C35H45N7O2/c1-5-12-29-28(23-24-16-18-25(19-17-24)26-13-7-8-14-27(26)31-37-39-40-38-31)32(43)42-30(15-11-22-41(29)42)35(20-9-6-10-21-35)33(44)36-34(2,3)4/h7-8,13-14,16-19,30H,5-6,9-12,15,20-23H2,1-4H3,(H,36,44)(H,37,38,39,40). The van der Waals surface area contributed by atoms with Crippen molar-refractivity contribution in [1.29, 1.82) is 0 Å². The molecule has 0 radical (unpaired) electrons. The van der Waals surface area contributed by atoms with Gasteiger partial charge in [0.25, 0.3) is 5.56 Å². The second kappa shape index (κ2) is 12.2. The third-order valence-electron chi connectivity index (χ3n) is 9.50. The summed E-state index contributed by atoms with van der Waals surface area (Å²) >= 11 is 0. The summed E-state index contributed by atoms with van der Waals surface area (Å²) in [5.41, 5.74) is 5.31. The molecule has 1 fully saturated rings. The number of hydrogen-bond donors (Lipinski definition) is 2. The number of nitrogens with one attached hydrogen (secondary N) is 2. The van der Waals surface area contributed by atoms with Gasteiger partial charge in [-0.2, -0.15) is 5.21 Å². The van der Waals surface area contributed by atoms with Crippen LogP contribution in [0.4, 0.5) is 0 Å². The van der Waals surface area contributed by atoms with Crippen LogP contribution >= 0.6 is 0 Å². The van der Waals surface area contributed by atoms with Gasteiger partial charge in [-0.05, 0) is 74.8 Å². The van der Waals surface area contributed by atoms with Gasteiger partial charge in [0.05, 0.1) is 11.5 Å². The Balaban J connectivity index is 1.36. The number of amides is 1. The van der Waals surface area contributed by atoms with Crippen molar-refractivity contribution in [1.82, 2.24) is 35.3 Å². The monoisotopic (exact) mass is 595 g/mol. The van der Waals surface area contributed by atoms with Crippen LogP contribution in [0.5, 0.6) is 0 Å². The van der Waals surface area contributed by atoms with Gasteiger partial charge in [0.15, 0.2) is 0 Å². The Morgan fingerprint density at radius 1 is 1.02 bits per heavy atom. The topological polar surface area (TPSA) is 110 Å². The molecule has 2 aromatic carbocycles. The molecule has 2 aliphatic rings. The quantitative estimate of drug-likeness (QED) is 0.251. The number of aromatic nitrogens is 6. The van der Waals surface area contributed by atoms with Crippen LogP contribution < -0.4 is 10.9 Å². The number of hydrogen-bond acceptors (Lipinski definition) is 5. The largest absolute Gasteiger partial charge is 0.351 e. The van der Waals surface area contributed by atoms with Gasteiger partial charge in [-0.25, -0.2) is 4.68 Å². The maximum Gasteiger partial charge on any atom is 0.270 e.